The second-order valence-electron chi connectivity index (χ2n) is 8.53. The summed E-state index contributed by atoms with van der Waals surface area (Å²) in [5.74, 6) is 1.19. The van der Waals surface area contributed by atoms with E-state index in [0.29, 0.717) is 11.6 Å². The Morgan fingerprint density at radius 1 is 1.04 bits per heavy atom. The molecule has 3 nitrogen and oxygen atoms in total. The van der Waals surface area contributed by atoms with Gasteiger partial charge in [-0.15, -0.1) is 0 Å². The van der Waals surface area contributed by atoms with Crippen molar-refractivity contribution in [2.45, 2.75) is 50.9 Å². The Morgan fingerprint density at radius 3 is 2.68 bits per heavy atom. The van der Waals surface area contributed by atoms with Crippen LogP contribution in [0.3, 0.4) is 0 Å². The summed E-state index contributed by atoms with van der Waals surface area (Å²) in [4.78, 5) is 0. The number of nitrogens with two attached hydrogens (primary N) is 1. The van der Waals surface area contributed by atoms with Crippen LogP contribution in [0.15, 0.2) is 48.7 Å². The van der Waals surface area contributed by atoms with E-state index in [1.807, 2.05) is 0 Å². The Kier molecular flexibility index (Phi) is 4.46. The molecular formula is C25H29N2O+. The molecule has 0 spiro atoms. The normalized spacial score (nSPS) is 22.4. The van der Waals surface area contributed by atoms with Crippen LogP contribution < -0.4 is 5.73 Å². The van der Waals surface area contributed by atoms with Gasteiger partial charge >= 0.3 is 0 Å². The van der Waals surface area contributed by atoms with Crippen LogP contribution in [-0.2, 0) is 6.42 Å². The monoisotopic (exact) mass is 373 g/mol. The summed E-state index contributed by atoms with van der Waals surface area (Å²) in [6, 6.07) is 15.5. The lowest BCUT2D eigenvalue weighted by Crippen LogP contribution is -2.25. The fraction of sp³-hybridized carbons (Fsp3) is 0.400. The first kappa shape index (κ1) is 17.5. The van der Waals surface area contributed by atoms with E-state index in [1.54, 1.807) is 0 Å². The average molecular weight is 374 g/mol. The van der Waals surface area contributed by atoms with Crippen molar-refractivity contribution in [2.24, 2.45) is 11.7 Å². The summed E-state index contributed by atoms with van der Waals surface area (Å²) in [6.07, 6.45) is 10.0. The fourth-order valence-electron chi connectivity index (χ4n) is 5.65. The number of aliphatic hydroxyl groups excluding tert-OH is 1. The van der Waals surface area contributed by atoms with Crippen molar-refractivity contribution in [1.29, 1.82) is 0 Å². The zero-order chi connectivity index (χ0) is 19.1. The maximum Gasteiger partial charge on any atom is 0.210 e. The van der Waals surface area contributed by atoms with Gasteiger partial charge in [0.2, 0.25) is 5.69 Å². The highest BCUT2D eigenvalue weighted by Gasteiger charge is 2.45. The summed E-state index contributed by atoms with van der Waals surface area (Å²) in [5.41, 5.74) is 14.6. The molecule has 2 aromatic carbocycles. The molecule has 1 saturated carbocycles. The van der Waals surface area contributed by atoms with Gasteiger partial charge in [-0.05, 0) is 36.8 Å². The number of aliphatic hydroxyl groups is 1. The van der Waals surface area contributed by atoms with Crippen molar-refractivity contribution in [3.05, 3.63) is 71.0 Å². The van der Waals surface area contributed by atoms with Gasteiger partial charge in [-0.25, -0.2) is 0 Å². The molecule has 0 amide bonds. The molecule has 3 aliphatic rings. The lowest BCUT2D eigenvalue weighted by atomic mass is 9.73. The highest BCUT2D eigenvalue weighted by molar-refractivity contribution is 6.06. The van der Waals surface area contributed by atoms with Gasteiger partial charge in [0.1, 0.15) is 12.8 Å². The van der Waals surface area contributed by atoms with E-state index >= 15 is 0 Å². The molecule has 1 aliphatic carbocycles. The van der Waals surface area contributed by atoms with Crippen LogP contribution in [0.5, 0.6) is 0 Å². The Morgan fingerprint density at radius 2 is 1.86 bits per heavy atom. The third-order valence-electron chi connectivity index (χ3n) is 6.96. The van der Waals surface area contributed by atoms with Gasteiger partial charge < -0.3 is 10.8 Å². The summed E-state index contributed by atoms with van der Waals surface area (Å²) in [7, 11) is 0. The van der Waals surface area contributed by atoms with E-state index in [2.05, 4.69) is 47.0 Å². The van der Waals surface area contributed by atoms with Crippen LogP contribution in [0.4, 0.5) is 5.69 Å². The van der Waals surface area contributed by atoms with Gasteiger partial charge in [-0.2, -0.15) is 4.58 Å². The third kappa shape index (κ3) is 2.76. The largest absolute Gasteiger partial charge is 0.513 e. The molecule has 0 saturated heterocycles. The standard InChI is InChI=1S/C25H28N2O/c26-22(16-28)19-12-13-21-23(15-19)27-14-6-10-17-7-4-5-11-20(17)25(27)24(21)18-8-2-1-3-9-18/h4-5,7,11-13,15-16,18,24H,1-3,6,8-10,14,26H2/p+1. The third-order valence-corrected chi connectivity index (χ3v) is 6.96. The van der Waals surface area contributed by atoms with Gasteiger partial charge in [0, 0.05) is 29.2 Å². The van der Waals surface area contributed by atoms with Crippen LogP contribution in [0.25, 0.3) is 5.70 Å². The molecule has 2 aromatic rings. The zero-order valence-electron chi connectivity index (χ0n) is 16.4. The van der Waals surface area contributed by atoms with Crippen molar-refractivity contribution in [3.8, 4) is 0 Å². The summed E-state index contributed by atoms with van der Waals surface area (Å²) in [6.45, 7) is 1.05. The molecule has 1 atom stereocenters. The second kappa shape index (κ2) is 7.12. The minimum atomic E-state index is 0.431. The minimum Gasteiger partial charge on any atom is -0.513 e. The van der Waals surface area contributed by atoms with E-state index < -0.39 is 0 Å². The molecule has 2 heterocycles. The highest BCUT2D eigenvalue weighted by Crippen LogP contribution is 2.47. The number of nitrogens with zero attached hydrogens (tertiary/aromatic N) is 1. The molecule has 0 radical (unpaired) electrons. The van der Waals surface area contributed by atoms with Crippen LogP contribution in [0.2, 0.25) is 0 Å². The Labute approximate surface area is 167 Å². The number of aryl methyl sites for hydroxylation is 1. The summed E-state index contributed by atoms with van der Waals surface area (Å²) in [5, 5.41) is 9.39. The lowest BCUT2D eigenvalue weighted by molar-refractivity contribution is -0.437. The number of rotatable bonds is 2. The van der Waals surface area contributed by atoms with E-state index in [-0.39, 0.29) is 0 Å². The molecule has 5 rings (SSSR count). The van der Waals surface area contributed by atoms with Gasteiger partial charge in [0.15, 0.2) is 5.71 Å². The van der Waals surface area contributed by atoms with Crippen LogP contribution >= 0.6 is 0 Å². The summed E-state index contributed by atoms with van der Waals surface area (Å²) < 4.78 is 2.56. The first-order valence-electron chi connectivity index (χ1n) is 10.7. The lowest BCUT2D eigenvalue weighted by Gasteiger charge is -2.27. The topological polar surface area (TPSA) is 49.3 Å². The molecule has 144 valence electrons. The van der Waals surface area contributed by atoms with E-state index in [4.69, 9.17) is 5.73 Å². The van der Waals surface area contributed by atoms with Crippen LogP contribution in [0.1, 0.15) is 66.7 Å². The highest BCUT2D eigenvalue weighted by atomic mass is 16.2. The van der Waals surface area contributed by atoms with Crippen molar-refractivity contribution in [3.63, 3.8) is 0 Å². The number of fused-ring (bicyclic) bond motifs is 4. The number of hydrogen-bond acceptors (Lipinski definition) is 2. The summed E-state index contributed by atoms with van der Waals surface area (Å²) >= 11 is 0. The number of benzene rings is 2. The quantitative estimate of drug-likeness (QED) is 0.557. The Balaban J connectivity index is 1.72. The molecule has 2 aliphatic heterocycles. The molecule has 0 bridgehead atoms. The fourth-order valence-corrected chi connectivity index (χ4v) is 5.65. The van der Waals surface area contributed by atoms with Crippen LogP contribution in [0, 0.1) is 5.92 Å². The maximum atomic E-state index is 9.39. The molecule has 3 N–H and O–H groups in total. The van der Waals surface area contributed by atoms with Gasteiger partial charge in [-0.3, -0.25) is 0 Å². The average Bonchev–Trinajstić information content (AvgIpc) is 2.95. The van der Waals surface area contributed by atoms with Crippen molar-refractivity contribution >= 4 is 17.1 Å². The first-order chi connectivity index (χ1) is 13.8. The SMILES string of the molecule is NC(=CO)c1ccc2c(c1)[N+]1=C(c3ccccc3CCC1)C2C1CCCCC1. The predicted octanol–water partition coefficient (Wildman–Crippen LogP) is 5.26. The Bertz CT molecular complexity index is 966. The predicted molar refractivity (Wildman–Crippen MR) is 114 cm³/mol. The Hall–Kier alpha value is -2.55. The minimum absolute atomic E-state index is 0.431. The van der Waals surface area contributed by atoms with Gasteiger partial charge in [0.05, 0.1) is 11.6 Å². The van der Waals surface area contributed by atoms with Gasteiger partial charge in [0.25, 0.3) is 0 Å². The molecule has 1 fully saturated rings. The molecule has 28 heavy (non-hydrogen) atoms. The first-order valence-corrected chi connectivity index (χ1v) is 10.7. The molecule has 1 unspecified atom stereocenters. The van der Waals surface area contributed by atoms with Crippen molar-refractivity contribution in [1.82, 2.24) is 0 Å². The van der Waals surface area contributed by atoms with Crippen molar-refractivity contribution < 1.29 is 9.68 Å². The number of hydrogen-bond donors (Lipinski definition) is 2. The molecule has 3 heteroatoms. The maximum absolute atomic E-state index is 9.39. The molecule has 0 aromatic heterocycles. The van der Waals surface area contributed by atoms with E-state index in [1.165, 1.54) is 60.2 Å². The smallest absolute Gasteiger partial charge is 0.210 e. The van der Waals surface area contributed by atoms with Crippen molar-refractivity contribution in [2.75, 3.05) is 6.54 Å². The zero-order valence-corrected chi connectivity index (χ0v) is 16.4. The van der Waals surface area contributed by atoms with Gasteiger partial charge in [-0.1, -0.05) is 49.6 Å². The van der Waals surface area contributed by atoms with E-state index in [9.17, 15) is 5.11 Å². The molecular weight excluding hydrogens is 344 g/mol. The van der Waals surface area contributed by atoms with Crippen LogP contribution in [-0.4, -0.2) is 21.9 Å². The second-order valence-corrected chi connectivity index (χ2v) is 8.53. The van der Waals surface area contributed by atoms with E-state index in [0.717, 1.165) is 37.1 Å².